The molecule has 0 aliphatic heterocycles. The SMILES string of the molecule is Cc1cn(-c2ccc(-c3cccc(S(C)(=O)=O)c3)cc2-c2nc(C)oc2-c2ccc(OC(F)F)c(F)c2)c(C)n1. The Labute approximate surface area is 228 Å². The van der Waals surface area contributed by atoms with Crippen LogP contribution < -0.4 is 4.74 Å². The molecule has 5 rings (SSSR count). The zero-order chi connectivity index (χ0) is 28.8. The third-order valence-electron chi connectivity index (χ3n) is 6.25. The number of benzene rings is 3. The number of rotatable bonds is 7. The summed E-state index contributed by atoms with van der Waals surface area (Å²) >= 11 is 0. The Kier molecular flexibility index (Phi) is 7.01. The second-order valence-corrected chi connectivity index (χ2v) is 11.3. The van der Waals surface area contributed by atoms with Gasteiger partial charge in [-0.15, -0.1) is 0 Å². The van der Waals surface area contributed by atoms with Crippen molar-refractivity contribution in [3.63, 3.8) is 0 Å². The lowest BCUT2D eigenvalue weighted by Crippen LogP contribution is -2.03. The quantitative estimate of drug-likeness (QED) is 0.212. The number of hydrogen-bond donors (Lipinski definition) is 0. The number of oxazole rings is 1. The summed E-state index contributed by atoms with van der Waals surface area (Å²) in [5.74, 6) is -0.336. The maximum atomic E-state index is 14.7. The monoisotopic (exact) mass is 567 g/mol. The minimum atomic E-state index is -3.44. The van der Waals surface area contributed by atoms with E-state index in [-0.39, 0.29) is 16.2 Å². The summed E-state index contributed by atoms with van der Waals surface area (Å²) in [7, 11) is -3.44. The van der Waals surface area contributed by atoms with Gasteiger partial charge in [0.25, 0.3) is 0 Å². The number of halogens is 3. The molecular weight excluding hydrogens is 543 g/mol. The summed E-state index contributed by atoms with van der Waals surface area (Å²) in [6.07, 6.45) is 3.01. The normalized spacial score (nSPS) is 11.8. The molecule has 206 valence electrons. The minimum Gasteiger partial charge on any atom is -0.440 e. The van der Waals surface area contributed by atoms with Gasteiger partial charge in [0.2, 0.25) is 0 Å². The van der Waals surface area contributed by atoms with Crippen molar-refractivity contribution in [2.45, 2.75) is 32.3 Å². The fraction of sp³-hybridized carbons (Fsp3) is 0.172. The van der Waals surface area contributed by atoms with Gasteiger partial charge < -0.3 is 13.7 Å². The number of ether oxygens (including phenoxy) is 1. The lowest BCUT2D eigenvalue weighted by molar-refractivity contribution is -0.0521. The zero-order valence-corrected chi connectivity index (χ0v) is 22.8. The molecule has 0 saturated heterocycles. The molecule has 0 bridgehead atoms. The van der Waals surface area contributed by atoms with Crippen LogP contribution in [0.25, 0.3) is 39.4 Å². The van der Waals surface area contributed by atoms with Gasteiger partial charge in [0.1, 0.15) is 11.5 Å². The summed E-state index contributed by atoms with van der Waals surface area (Å²) in [4.78, 5) is 9.28. The van der Waals surface area contributed by atoms with Gasteiger partial charge in [-0.05, 0) is 67.4 Å². The van der Waals surface area contributed by atoms with Gasteiger partial charge in [-0.3, -0.25) is 0 Å². The van der Waals surface area contributed by atoms with E-state index in [1.807, 2.05) is 42.8 Å². The third-order valence-corrected chi connectivity index (χ3v) is 7.36. The van der Waals surface area contributed by atoms with Gasteiger partial charge in [-0.1, -0.05) is 18.2 Å². The molecule has 11 heteroatoms. The number of sulfone groups is 1. The molecule has 2 aromatic heterocycles. The molecule has 40 heavy (non-hydrogen) atoms. The van der Waals surface area contributed by atoms with Crippen LogP contribution in [0.5, 0.6) is 5.75 Å². The largest absolute Gasteiger partial charge is 0.440 e. The van der Waals surface area contributed by atoms with Gasteiger partial charge >= 0.3 is 6.61 Å². The molecule has 5 aromatic rings. The highest BCUT2D eigenvalue weighted by Gasteiger charge is 2.22. The van der Waals surface area contributed by atoms with E-state index >= 15 is 0 Å². The summed E-state index contributed by atoms with van der Waals surface area (Å²) < 4.78 is 76.4. The molecule has 0 saturated carbocycles. The third kappa shape index (κ3) is 5.37. The van der Waals surface area contributed by atoms with Crippen molar-refractivity contribution < 1.29 is 30.7 Å². The topological polar surface area (TPSA) is 87.2 Å². The molecule has 0 spiro atoms. The molecule has 7 nitrogen and oxygen atoms in total. The fourth-order valence-corrected chi connectivity index (χ4v) is 5.19. The van der Waals surface area contributed by atoms with Gasteiger partial charge in [-0.2, -0.15) is 8.78 Å². The van der Waals surface area contributed by atoms with Crippen molar-refractivity contribution >= 4 is 9.84 Å². The highest BCUT2D eigenvalue weighted by molar-refractivity contribution is 7.90. The molecule has 0 radical (unpaired) electrons. The molecule has 0 fully saturated rings. The van der Waals surface area contributed by atoms with Crippen LogP contribution in [-0.2, 0) is 9.84 Å². The van der Waals surface area contributed by atoms with Crippen molar-refractivity contribution in [3.8, 4) is 45.1 Å². The average Bonchev–Trinajstić information content (AvgIpc) is 3.45. The van der Waals surface area contributed by atoms with E-state index in [0.717, 1.165) is 24.1 Å². The van der Waals surface area contributed by atoms with Crippen LogP contribution in [0.3, 0.4) is 0 Å². The second-order valence-electron chi connectivity index (χ2n) is 9.27. The van der Waals surface area contributed by atoms with E-state index in [1.165, 1.54) is 12.1 Å². The van der Waals surface area contributed by atoms with Gasteiger partial charge in [0.05, 0.1) is 16.3 Å². The lowest BCUT2D eigenvalue weighted by Gasteiger charge is -2.14. The zero-order valence-electron chi connectivity index (χ0n) is 21.9. The predicted molar refractivity (Wildman–Crippen MR) is 144 cm³/mol. The van der Waals surface area contributed by atoms with Crippen molar-refractivity contribution in [2.75, 3.05) is 6.26 Å². The molecule has 0 atom stereocenters. The van der Waals surface area contributed by atoms with Crippen LogP contribution in [0.2, 0.25) is 0 Å². The molecule has 0 aliphatic carbocycles. The van der Waals surface area contributed by atoms with Gasteiger partial charge in [-0.25, -0.2) is 22.8 Å². The van der Waals surface area contributed by atoms with Crippen LogP contribution in [-0.4, -0.2) is 35.8 Å². The van der Waals surface area contributed by atoms with E-state index in [4.69, 9.17) is 4.42 Å². The van der Waals surface area contributed by atoms with Crippen molar-refractivity contribution in [1.29, 1.82) is 0 Å². The smallest absolute Gasteiger partial charge is 0.387 e. The molecule has 0 amide bonds. The Morgan fingerprint density at radius 3 is 2.30 bits per heavy atom. The standard InChI is InChI=1S/C29H24F3N3O4S/c1-16-15-35(17(2)33-16)25-10-8-20(19-6-5-7-22(12-19)40(4,36)37)13-23(25)27-28(38-18(3)34-27)21-9-11-26(24(30)14-21)39-29(31)32/h5-15,29H,1-4H3. The maximum absolute atomic E-state index is 14.7. The summed E-state index contributed by atoms with van der Waals surface area (Å²) in [6.45, 7) is 2.19. The van der Waals surface area contributed by atoms with Crippen LogP contribution in [0, 0.1) is 26.6 Å². The Morgan fingerprint density at radius 2 is 1.65 bits per heavy atom. The van der Waals surface area contributed by atoms with Gasteiger partial charge in [0.15, 0.2) is 33.1 Å². The fourth-order valence-electron chi connectivity index (χ4n) is 4.52. The van der Waals surface area contributed by atoms with Crippen LogP contribution in [0.1, 0.15) is 17.4 Å². The lowest BCUT2D eigenvalue weighted by atomic mass is 9.98. The molecule has 2 heterocycles. The minimum absolute atomic E-state index is 0.177. The van der Waals surface area contributed by atoms with E-state index in [2.05, 4.69) is 14.7 Å². The van der Waals surface area contributed by atoms with E-state index in [9.17, 15) is 21.6 Å². The average molecular weight is 568 g/mol. The van der Waals surface area contributed by atoms with Crippen LogP contribution in [0.4, 0.5) is 13.2 Å². The number of alkyl halides is 2. The first-order valence-electron chi connectivity index (χ1n) is 12.1. The number of hydrogen-bond acceptors (Lipinski definition) is 6. The Balaban J connectivity index is 1.73. The first-order chi connectivity index (χ1) is 18.9. The van der Waals surface area contributed by atoms with Gasteiger partial charge in [0, 0.05) is 30.5 Å². The van der Waals surface area contributed by atoms with Crippen LogP contribution in [0.15, 0.2) is 76.2 Å². The Hall–Kier alpha value is -4.38. The number of imidazole rings is 1. The highest BCUT2D eigenvalue weighted by Crippen LogP contribution is 2.39. The summed E-state index contributed by atoms with van der Waals surface area (Å²) in [5.41, 5.74) is 4.11. The van der Waals surface area contributed by atoms with Crippen molar-refractivity contribution in [3.05, 3.63) is 90.1 Å². The second kappa shape index (κ2) is 10.3. The molecular formula is C29H24F3N3O4S. The molecule has 0 N–H and O–H groups in total. The van der Waals surface area contributed by atoms with E-state index in [1.54, 1.807) is 25.1 Å². The van der Waals surface area contributed by atoms with Crippen molar-refractivity contribution in [1.82, 2.24) is 14.5 Å². The molecule has 0 unspecified atom stereocenters. The maximum Gasteiger partial charge on any atom is 0.387 e. The number of nitrogens with zero attached hydrogens (tertiary/aromatic N) is 3. The van der Waals surface area contributed by atoms with Crippen LogP contribution >= 0.6 is 0 Å². The Morgan fingerprint density at radius 1 is 0.925 bits per heavy atom. The highest BCUT2D eigenvalue weighted by atomic mass is 32.2. The van der Waals surface area contributed by atoms with Crippen molar-refractivity contribution in [2.24, 2.45) is 0 Å². The first kappa shape index (κ1) is 27.2. The summed E-state index contributed by atoms with van der Waals surface area (Å²) in [5, 5.41) is 0. The predicted octanol–water partition coefficient (Wildman–Crippen LogP) is 6.93. The van der Waals surface area contributed by atoms with E-state index < -0.39 is 28.0 Å². The Bertz CT molecular complexity index is 1850. The number of aromatic nitrogens is 3. The molecule has 3 aromatic carbocycles. The first-order valence-corrected chi connectivity index (χ1v) is 14.0. The molecule has 0 aliphatic rings. The number of aryl methyl sites for hydroxylation is 3. The summed E-state index contributed by atoms with van der Waals surface area (Å²) in [6, 6.07) is 15.7. The van der Waals surface area contributed by atoms with E-state index in [0.29, 0.717) is 39.8 Å².